The van der Waals surface area contributed by atoms with Gasteiger partial charge in [-0.05, 0) is 80.3 Å². The van der Waals surface area contributed by atoms with E-state index in [0.29, 0.717) is 12.8 Å². The van der Waals surface area contributed by atoms with E-state index in [4.69, 9.17) is 0 Å². The Labute approximate surface area is 265 Å². The SMILES string of the molecule is CC(=O)CN(CC(=O)NCCc1ccc(F)cc1)C(=O)c1cccc(C(=O)N(CC(C)=O)CC(=O)NCCc2ccc(F)cc2)c1. The molecule has 0 radical (unpaired) electrons. The van der Waals surface area contributed by atoms with E-state index < -0.39 is 36.7 Å². The molecule has 2 N–H and O–H groups in total. The molecule has 0 heterocycles. The van der Waals surface area contributed by atoms with Crippen LogP contribution in [0, 0.1) is 11.6 Å². The summed E-state index contributed by atoms with van der Waals surface area (Å²) in [7, 11) is 0. The van der Waals surface area contributed by atoms with E-state index in [1.807, 2.05) is 0 Å². The van der Waals surface area contributed by atoms with Gasteiger partial charge in [-0.3, -0.25) is 28.8 Å². The van der Waals surface area contributed by atoms with Crippen LogP contribution in [0.15, 0.2) is 72.8 Å². The number of hydrogen-bond acceptors (Lipinski definition) is 6. The van der Waals surface area contributed by atoms with Gasteiger partial charge in [-0.25, -0.2) is 8.78 Å². The fourth-order valence-corrected chi connectivity index (χ4v) is 4.54. The van der Waals surface area contributed by atoms with E-state index in [0.717, 1.165) is 20.9 Å². The smallest absolute Gasteiger partial charge is 0.254 e. The van der Waals surface area contributed by atoms with Gasteiger partial charge < -0.3 is 20.4 Å². The molecule has 3 aromatic rings. The molecule has 10 nitrogen and oxygen atoms in total. The molecule has 0 atom stereocenters. The number of nitrogens with zero attached hydrogens (tertiary/aromatic N) is 2. The zero-order valence-corrected chi connectivity index (χ0v) is 25.7. The monoisotopic (exact) mass is 634 g/mol. The van der Waals surface area contributed by atoms with Gasteiger partial charge in [0.1, 0.15) is 36.3 Å². The van der Waals surface area contributed by atoms with E-state index in [9.17, 15) is 37.5 Å². The first-order chi connectivity index (χ1) is 21.9. The number of amides is 4. The van der Waals surface area contributed by atoms with Crippen molar-refractivity contribution in [1.82, 2.24) is 20.4 Å². The molecule has 0 aromatic heterocycles. The van der Waals surface area contributed by atoms with Crippen LogP contribution < -0.4 is 10.6 Å². The quantitative estimate of drug-likeness (QED) is 0.249. The molecule has 0 aliphatic carbocycles. The maximum absolute atomic E-state index is 13.4. The molecule has 46 heavy (non-hydrogen) atoms. The first kappa shape index (κ1) is 35.2. The summed E-state index contributed by atoms with van der Waals surface area (Å²) in [5.41, 5.74) is 1.66. The standard InChI is InChI=1S/C34H36F2N4O6/c1-23(41)19-39(21-31(43)37-16-14-25-6-10-29(35)11-7-25)33(45)27-4-3-5-28(18-27)34(46)40(20-24(2)42)22-32(44)38-17-15-26-8-12-30(36)13-9-26/h3-13,18H,14-17,19-22H2,1-2H3,(H,37,43)(H,38,44). The van der Waals surface area contributed by atoms with Crippen LogP contribution in [0.25, 0.3) is 0 Å². The van der Waals surface area contributed by atoms with Crippen LogP contribution in [-0.2, 0) is 32.0 Å². The molecule has 0 saturated carbocycles. The van der Waals surface area contributed by atoms with Gasteiger partial charge in [0.05, 0.1) is 13.1 Å². The Morgan fingerprint density at radius 2 is 0.935 bits per heavy atom. The highest BCUT2D eigenvalue weighted by molar-refractivity contribution is 6.03. The number of Topliss-reactive ketones (excluding diaryl/α,β-unsaturated/α-hetero) is 2. The third-order valence-electron chi connectivity index (χ3n) is 6.73. The third-order valence-corrected chi connectivity index (χ3v) is 6.73. The Morgan fingerprint density at radius 1 is 0.565 bits per heavy atom. The molecule has 0 saturated heterocycles. The van der Waals surface area contributed by atoms with Gasteiger partial charge in [0.25, 0.3) is 11.8 Å². The van der Waals surface area contributed by atoms with Crippen LogP contribution in [0.3, 0.4) is 0 Å². The number of benzene rings is 3. The number of rotatable bonds is 16. The van der Waals surface area contributed by atoms with Gasteiger partial charge in [0, 0.05) is 24.2 Å². The van der Waals surface area contributed by atoms with Crippen molar-refractivity contribution < 1.29 is 37.5 Å². The van der Waals surface area contributed by atoms with Crippen LogP contribution >= 0.6 is 0 Å². The lowest BCUT2D eigenvalue weighted by atomic mass is 10.1. The molecule has 0 bridgehead atoms. The highest BCUT2D eigenvalue weighted by atomic mass is 19.1. The molecule has 3 aromatic carbocycles. The molecule has 0 spiro atoms. The van der Waals surface area contributed by atoms with Crippen LogP contribution in [-0.4, -0.2) is 84.3 Å². The normalized spacial score (nSPS) is 10.5. The van der Waals surface area contributed by atoms with Gasteiger partial charge in [-0.2, -0.15) is 0 Å². The van der Waals surface area contributed by atoms with Crippen molar-refractivity contribution in [1.29, 1.82) is 0 Å². The summed E-state index contributed by atoms with van der Waals surface area (Å²) >= 11 is 0. The maximum atomic E-state index is 13.4. The fraction of sp³-hybridized carbons (Fsp3) is 0.294. The number of hydrogen-bond donors (Lipinski definition) is 2. The number of ketones is 2. The van der Waals surface area contributed by atoms with Crippen molar-refractivity contribution in [3.63, 3.8) is 0 Å². The van der Waals surface area contributed by atoms with Crippen LogP contribution in [0.4, 0.5) is 8.78 Å². The lowest BCUT2D eigenvalue weighted by molar-refractivity contribution is -0.124. The molecule has 3 rings (SSSR count). The van der Waals surface area contributed by atoms with E-state index in [1.165, 1.54) is 62.4 Å². The van der Waals surface area contributed by atoms with Crippen molar-refractivity contribution in [3.05, 3.63) is 107 Å². The Morgan fingerprint density at radius 3 is 1.28 bits per heavy atom. The van der Waals surface area contributed by atoms with Gasteiger partial charge in [0.15, 0.2) is 0 Å². The van der Waals surface area contributed by atoms with Gasteiger partial charge >= 0.3 is 0 Å². The Balaban J connectivity index is 1.64. The summed E-state index contributed by atoms with van der Waals surface area (Å²) in [6, 6.07) is 17.2. The second-order valence-electron chi connectivity index (χ2n) is 10.8. The molecule has 12 heteroatoms. The Kier molecular flexibility index (Phi) is 13.2. The first-order valence-electron chi connectivity index (χ1n) is 14.6. The number of nitrogens with one attached hydrogen (secondary N) is 2. The number of halogens is 2. The van der Waals surface area contributed by atoms with Gasteiger partial charge in [0.2, 0.25) is 11.8 Å². The molecule has 4 amide bonds. The van der Waals surface area contributed by atoms with Crippen LogP contribution in [0.1, 0.15) is 45.7 Å². The lowest BCUT2D eigenvalue weighted by Gasteiger charge is -2.23. The minimum atomic E-state index is -0.671. The Hall–Kier alpha value is -5.26. The van der Waals surface area contributed by atoms with Crippen molar-refractivity contribution in [3.8, 4) is 0 Å². The van der Waals surface area contributed by atoms with Crippen LogP contribution in [0.5, 0.6) is 0 Å². The Bertz CT molecular complexity index is 1450. The third kappa shape index (κ3) is 11.7. The average molecular weight is 635 g/mol. The predicted molar refractivity (Wildman–Crippen MR) is 166 cm³/mol. The molecule has 0 aliphatic rings. The second-order valence-corrected chi connectivity index (χ2v) is 10.8. The zero-order chi connectivity index (χ0) is 33.6. The summed E-state index contributed by atoms with van der Waals surface area (Å²) < 4.78 is 26.2. The summed E-state index contributed by atoms with van der Waals surface area (Å²) in [6.45, 7) is 1.45. The summed E-state index contributed by atoms with van der Waals surface area (Å²) in [4.78, 5) is 78.0. The van der Waals surface area contributed by atoms with E-state index in [-0.39, 0.29) is 60.5 Å². The lowest BCUT2D eigenvalue weighted by Crippen LogP contribution is -2.44. The molecule has 242 valence electrons. The van der Waals surface area contributed by atoms with Crippen molar-refractivity contribution in [2.45, 2.75) is 26.7 Å². The molecular formula is C34H36F2N4O6. The fourth-order valence-electron chi connectivity index (χ4n) is 4.54. The number of carbonyl (C=O) groups excluding carboxylic acids is 6. The zero-order valence-electron chi connectivity index (χ0n) is 25.7. The van der Waals surface area contributed by atoms with Crippen molar-refractivity contribution in [2.75, 3.05) is 39.3 Å². The van der Waals surface area contributed by atoms with Crippen molar-refractivity contribution >= 4 is 35.2 Å². The van der Waals surface area contributed by atoms with E-state index in [1.54, 1.807) is 24.3 Å². The minimum absolute atomic E-state index is 0.0257. The molecule has 0 fully saturated rings. The van der Waals surface area contributed by atoms with Gasteiger partial charge in [-0.1, -0.05) is 30.3 Å². The average Bonchev–Trinajstić information content (AvgIpc) is 3.01. The molecule has 0 aliphatic heterocycles. The molecule has 0 unspecified atom stereocenters. The van der Waals surface area contributed by atoms with E-state index >= 15 is 0 Å². The summed E-state index contributed by atoms with van der Waals surface area (Å²) in [6.07, 6.45) is 0.861. The number of carbonyl (C=O) groups is 6. The van der Waals surface area contributed by atoms with Crippen LogP contribution in [0.2, 0.25) is 0 Å². The van der Waals surface area contributed by atoms with Gasteiger partial charge in [-0.15, -0.1) is 0 Å². The predicted octanol–water partition coefficient (Wildman–Crippen LogP) is 2.75. The minimum Gasteiger partial charge on any atom is -0.354 e. The maximum Gasteiger partial charge on any atom is 0.254 e. The summed E-state index contributed by atoms with van der Waals surface area (Å²) in [5, 5.41) is 5.36. The largest absolute Gasteiger partial charge is 0.354 e. The topological polar surface area (TPSA) is 133 Å². The first-order valence-corrected chi connectivity index (χ1v) is 14.6. The second kappa shape index (κ2) is 17.3. The molecular weight excluding hydrogens is 598 g/mol. The highest BCUT2D eigenvalue weighted by Crippen LogP contribution is 2.12. The van der Waals surface area contributed by atoms with E-state index in [2.05, 4.69) is 10.6 Å². The summed E-state index contributed by atoms with van der Waals surface area (Å²) in [5.74, 6) is -3.84. The highest BCUT2D eigenvalue weighted by Gasteiger charge is 2.24. The van der Waals surface area contributed by atoms with Crippen molar-refractivity contribution in [2.24, 2.45) is 0 Å².